The molecule has 0 bridgehead atoms. The number of hydrogen-bond acceptors (Lipinski definition) is 3. The number of nitrogens with zero attached hydrogens (tertiary/aromatic N) is 2. The lowest BCUT2D eigenvalue weighted by atomic mass is 10.1. The Morgan fingerprint density at radius 2 is 1.85 bits per heavy atom. The van der Waals surface area contributed by atoms with Crippen molar-refractivity contribution in [1.29, 1.82) is 0 Å². The first-order valence-corrected chi connectivity index (χ1v) is 9.32. The molecule has 0 aliphatic heterocycles. The number of carbonyl (C=O) groups is 1. The highest BCUT2D eigenvalue weighted by Gasteiger charge is 2.10. The van der Waals surface area contributed by atoms with Gasteiger partial charge >= 0.3 is 0 Å². The summed E-state index contributed by atoms with van der Waals surface area (Å²) in [5.41, 5.74) is 4.49. The summed E-state index contributed by atoms with van der Waals surface area (Å²) < 4.78 is 2.01. The van der Waals surface area contributed by atoms with Crippen LogP contribution in [0.15, 0.2) is 54.2 Å². The van der Waals surface area contributed by atoms with Crippen molar-refractivity contribution in [2.75, 3.05) is 5.32 Å². The predicted molar refractivity (Wildman–Crippen MR) is 102 cm³/mol. The van der Waals surface area contributed by atoms with Gasteiger partial charge in [-0.2, -0.15) is 0 Å². The number of carbonyl (C=O) groups excluding carboxylic acids is 1. The number of thiazole rings is 1. The first kappa shape index (κ1) is 20.3. The number of aromatic nitrogens is 2. The lowest BCUT2D eigenvalue weighted by Crippen LogP contribution is -3.00. The molecule has 2 aromatic heterocycles. The maximum Gasteiger partial charge on any atom is 0.232 e. The molecular weight excluding hydrogens is 410 g/mol. The van der Waals surface area contributed by atoms with Crippen LogP contribution in [0.25, 0.3) is 11.3 Å². The van der Waals surface area contributed by atoms with Crippen LogP contribution in [0.2, 0.25) is 0 Å². The Hall–Kier alpha value is -2.05. The molecule has 2 heterocycles. The lowest BCUT2D eigenvalue weighted by Gasteiger charge is -2.01. The van der Waals surface area contributed by atoms with Gasteiger partial charge in [-0.3, -0.25) is 4.79 Å². The molecule has 6 heteroatoms. The minimum atomic E-state index is -0.0182. The number of rotatable bonds is 6. The van der Waals surface area contributed by atoms with Crippen LogP contribution in [0.1, 0.15) is 24.5 Å². The van der Waals surface area contributed by atoms with Gasteiger partial charge in [0, 0.05) is 23.1 Å². The van der Waals surface area contributed by atoms with E-state index in [0.717, 1.165) is 17.7 Å². The van der Waals surface area contributed by atoms with Crippen LogP contribution >= 0.6 is 11.3 Å². The van der Waals surface area contributed by atoms with E-state index < -0.39 is 0 Å². The van der Waals surface area contributed by atoms with Crippen molar-refractivity contribution in [1.82, 2.24) is 4.98 Å². The smallest absolute Gasteiger partial charge is 0.232 e. The summed E-state index contributed by atoms with van der Waals surface area (Å²) in [4.78, 5) is 16.6. The summed E-state index contributed by atoms with van der Waals surface area (Å²) in [5, 5.41) is 5.52. The molecule has 0 unspecified atom stereocenters. The molecule has 3 rings (SSSR count). The number of hydrogen-bond donors (Lipinski definition) is 1. The molecule has 1 amide bonds. The Bertz CT molecular complexity index is 844. The third-order valence-electron chi connectivity index (χ3n) is 4.06. The van der Waals surface area contributed by atoms with Crippen LogP contribution in [0.5, 0.6) is 0 Å². The normalized spacial score (nSPS) is 10.2. The summed E-state index contributed by atoms with van der Waals surface area (Å²) in [6, 6.07) is 12.5. The van der Waals surface area contributed by atoms with Gasteiger partial charge in [0.25, 0.3) is 0 Å². The van der Waals surface area contributed by atoms with Gasteiger partial charge in [-0.25, -0.2) is 9.55 Å². The van der Waals surface area contributed by atoms with E-state index in [0.29, 0.717) is 18.1 Å². The molecule has 0 fully saturated rings. The Balaban J connectivity index is 0.00000243. The fourth-order valence-electron chi connectivity index (χ4n) is 2.47. The molecule has 0 saturated heterocycles. The number of halogens is 1. The zero-order chi connectivity index (χ0) is 17.6. The molecule has 0 aliphatic rings. The van der Waals surface area contributed by atoms with Gasteiger partial charge in [-0.1, -0.05) is 31.2 Å². The van der Waals surface area contributed by atoms with Gasteiger partial charge < -0.3 is 22.3 Å². The minimum Gasteiger partial charge on any atom is -1.00 e. The van der Waals surface area contributed by atoms with Crippen LogP contribution in [-0.4, -0.2) is 10.9 Å². The van der Waals surface area contributed by atoms with E-state index in [1.807, 2.05) is 41.4 Å². The summed E-state index contributed by atoms with van der Waals surface area (Å²) in [6.07, 6.45) is 5.43. The Kier molecular flexibility index (Phi) is 7.48. The highest BCUT2D eigenvalue weighted by molar-refractivity contribution is 7.14. The molecule has 0 radical (unpaired) electrons. The van der Waals surface area contributed by atoms with Crippen molar-refractivity contribution in [3.8, 4) is 11.3 Å². The summed E-state index contributed by atoms with van der Waals surface area (Å²) in [5.74, 6) is -0.0182. The molecule has 0 aliphatic carbocycles. The fraction of sp³-hybridized carbons (Fsp3) is 0.250. The second-order valence-corrected chi connectivity index (χ2v) is 6.86. The van der Waals surface area contributed by atoms with Crippen molar-refractivity contribution in [2.24, 2.45) is 0 Å². The minimum absolute atomic E-state index is 0. The highest BCUT2D eigenvalue weighted by atomic mass is 79.9. The monoisotopic (exact) mass is 431 g/mol. The number of aryl methyl sites for hydroxylation is 3. The summed E-state index contributed by atoms with van der Waals surface area (Å²) >= 11 is 1.46. The Morgan fingerprint density at radius 1 is 1.15 bits per heavy atom. The number of nitrogens with one attached hydrogen (secondary N) is 1. The third-order valence-corrected chi connectivity index (χ3v) is 4.82. The first-order valence-electron chi connectivity index (χ1n) is 8.44. The van der Waals surface area contributed by atoms with Gasteiger partial charge in [0.05, 0.1) is 12.1 Å². The fourth-order valence-corrected chi connectivity index (χ4v) is 3.20. The average Bonchev–Trinajstić information content (AvgIpc) is 3.10. The maximum atomic E-state index is 12.1. The summed E-state index contributed by atoms with van der Waals surface area (Å²) in [6.45, 7) is 4.84. The largest absolute Gasteiger partial charge is 1.00 e. The quantitative estimate of drug-likeness (QED) is 0.591. The lowest BCUT2D eigenvalue weighted by molar-refractivity contribution is -0.695. The van der Waals surface area contributed by atoms with E-state index in [-0.39, 0.29) is 22.9 Å². The van der Waals surface area contributed by atoms with Gasteiger partial charge in [-0.15, -0.1) is 11.3 Å². The third kappa shape index (κ3) is 5.47. The van der Waals surface area contributed by atoms with E-state index in [1.54, 1.807) is 0 Å². The average molecular weight is 432 g/mol. The molecule has 0 saturated carbocycles. The first-order chi connectivity index (χ1) is 12.1. The number of anilines is 1. The Labute approximate surface area is 168 Å². The molecule has 26 heavy (non-hydrogen) atoms. The van der Waals surface area contributed by atoms with Crippen molar-refractivity contribution < 1.29 is 26.3 Å². The number of pyridine rings is 1. The van der Waals surface area contributed by atoms with Crippen molar-refractivity contribution >= 4 is 22.4 Å². The Morgan fingerprint density at radius 3 is 2.50 bits per heavy atom. The van der Waals surface area contributed by atoms with E-state index in [1.165, 1.54) is 22.5 Å². The molecule has 136 valence electrons. The predicted octanol–water partition coefficient (Wildman–Crippen LogP) is 1.00. The van der Waals surface area contributed by atoms with E-state index >= 15 is 0 Å². The molecule has 3 aromatic rings. The molecular formula is C20H22BrN3OS. The second kappa shape index (κ2) is 9.59. The molecule has 0 atom stereocenters. The second-order valence-electron chi connectivity index (χ2n) is 6.00. The van der Waals surface area contributed by atoms with Crippen LogP contribution in [0, 0.1) is 6.92 Å². The zero-order valence-corrected chi connectivity index (χ0v) is 17.3. The SMILES string of the molecule is CCc1ccc(-c2csc(NC(=O)CC[n+]3ccc(C)cc3)n2)cc1.[Br-]. The zero-order valence-electron chi connectivity index (χ0n) is 14.9. The van der Waals surface area contributed by atoms with Crippen LogP contribution in [0.4, 0.5) is 5.13 Å². The topological polar surface area (TPSA) is 45.9 Å². The van der Waals surface area contributed by atoms with Crippen molar-refractivity contribution in [2.45, 2.75) is 33.2 Å². The van der Waals surface area contributed by atoms with Crippen LogP contribution < -0.4 is 26.9 Å². The number of benzene rings is 1. The van der Waals surface area contributed by atoms with E-state index in [2.05, 4.69) is 41.5 Å². The standard InChI is InChI=1S/C20H21N3OS.BrH/c1-3-16-4-6-17(7-5-16)18-14-25-20(21-18)22-19(24)10-13-23-11-8-15(2)9-12-23;/h4-9,11-12,14H,3,10,13H2,1-2H3;1H. The van der Waals surface area contributed by atoms with Gasteiger partial charge in [0.2, 0.25) is 5.91 Å². The van der Waals surface area contributed by atoms with Gasteiger partial charge in [-0.05, 0) is 24.5 Å². The van der Waals surface area contributed by atoms with Crippen LogP contribution in [-0.2, 0) is 17.8 Å². The van der Waals surface area contributed by atoms with Crippen molar-refractivity contribution in [3.63, 3.8) is 0 Å². The summed E-state index contributed by atoms with van der Waals surface area (Å²) in [7, 11) is 0. The number of amides is 1. The van der Waals surface area contributed by atoms with Crippen molar-refractivity contribution in [3.05, 3.63) is 65.3 Å². The molecule has 4 nitrogen and oxygen atoms in total. The van der Waals surface area contributed by atoms with Gasteiger partial charge in [0.1, 0.15) is 0 Å². The molecule has 1 aromatic carbocycles. The highest BCUT2D eigenvalue weighted by Crippen LogP contribution is 2.25. The maximum absolute atomic E-state index is 12.1. The van der Waals surface area contributed by atoms with Gasteiger partial charge in [0.15, 0.2) is 24.1 Å². The van der Waals surface area contributed by atoms with Crippen LogP contribution in [0.3, 0.4) is 0 Å². The molecule has 0 spiro atoms. The molecule has 1 N–H and O–H groups in total. The van der Waals surface area contributed by atoms with E-state index in [4.69, 9.17) is 0 Å². The van der Waals surface area contributed by atoms with E-state index in [9.17, 15) is 4.79 Å².